The summed E-state index contributed by atoms with van der Waals surface area (Å²) in [7, 11) is 1.56. The lowest BCUT2D eigenvalue weighted by Gasteiger charge is -2.46. The molecule has 3 aliphatic rings. The van der Waals surface area contributed by atoms with Crippen molar-refractivity contribution in [1.82, 2.24) is 0 Å². The topological polar surface area (TPSA) is 103 Å². The molecule has 0 aromatic heterocycles. The third-order valence-electron chi connectivity index (χ3n) is 9.01. The average molecular weight is 691 g/mol. The summed E-state index contributed by atoms with van der Waals surface area (Å²) in [6.45, 7) is 8.69. The third kappa shape index (κ3) is 9.45. The highest BCUT2D eigenvalue weighted by molar-refractivity contribution is 5.16. The van der Waals surface area contributed by atoms with Crippen LogP contribution in [0, 0.1) is 0 Å². The Morgan fingerprint density at radius 2 is 1.22 bits per heavy atom. The Labute approximate surface area is 295 Å². The number of aliphatic hydroxyl groups is 1. The van der Waals surface area contributed by atoms with Gasteiger partial charge in [0.05, 0.1) is 26.4 Å². The van der Waals surface area contributed by atoms with Crippen molar-refractivity contribution < 1.29 is 47.7 Å². The Balaban J connectivity index is 1.28. The summed E-state index contributed by atoms with van der Waals surface area (Å²) in [6, 6.07) is 29.7. The fraction of sp³-hybridized carbons (Fsp3) is 0.500. The van der Waals surface area contributed by atoms with Crippen LogP contribution in [-0.2, 0) is 62.5 Å². The van der Waals surface area contributed by atoms with E-state index >= 15 is 0 Å². The standard InChI is InChI=1S/C40H50O10/c1-39(2)46-26-32(49-39)34-31(48-40(3,4)50-34)22-21-30(41)33-35(43-23-27-15-9-6-10-16-27)36(44-24-28-17-11-7-12-18-28)37(38(42-5)47-33)45-25-29-19-13-8-14-20-29/h6-22,30-38,41H,23-26H2,1-5H3/b22-21+/t30-,31-,32-,33-,34+,35-,36+,37-,38+/m1/s1. The molecule has 6 rings (SSSR count). The Morgan fingerprint density at radius 3 is 1.72 bits per heavy atom. The zero-order valence-corrected chi connectivity index (χ0v) is 29.5. The summed E-state index contributed by atoms with van der Waals surface area (Å²) >= 11 is 0. The first-order chi connectivity index (χ1) is 24.1. The Bertz CT molecular complexity index is 1480. The zero-order valence-electron chi connectivity index (χ0n) is 29.5. The first kappa shape index (κ1) is 36.8. The lowest BCUT2D eigenvalue weighted by atomic mass is 9.93. The number of methoxy groups -OCH3 is 1. The molecule has 10 heteroatoms. The van der Waals surface area contributed by atoms with Crippen molar-refractivity contribution in [1.29, 1.82) is 0 Å². The second-order valence-electron chi connectivity index (χ2n) is 13.8. The molecule has 270 valence electrons. The van der Waals surface area contributed by atoms with Crippen molar-refractivity contribution in [3.05, 3.63) is 120 Å². The molecule has 3 fully saturated rings. The number of rotatable bonds is 14. The molecule has 3 saturated heterocycles. The van der Waals surface area contributed by atoms with E-state index in [0.29, 0.717) is 19.8 Å². The van der Waals surface area contributed by atoms with Crippen molar-refractivity contribution in [3.63, 3.8) is 0 Å². The monoisotopic (exact) mass is 690 g/mol. The molecule has 1 N–H and O–H groups in total. The van der Waals surface area contributed by atoms with Gasteiger partial charge in [-0.15, -0.1) is 0 Å². The fourth-order valence-corrected chi connectivity index (χ4v) is 6.62. The van der Waals surface area contributed by atoms with E-state index in [-0.39, 0.29) is 12.7 Å². The minimum Gasteiger partial charge on any atom is -0.386 e. The van der Waals surface area contributed by atoms with Gasteiger partial charge >= 0.3 is 0 Å². The summed E-state index contributed by atoms with van der Waals surface area (Å²) in [6.07, 6.45) is -2.86. The maximum atomic E-state index is 11.9. The van der Waals surface area contributed by atoms with Gasteiger partial charge in [0.1, 0.15) is 48.8 Å². The van der Waals surface area contributed by atoms with Crippen LogP contribution < -0.4 is 0 Å². The van der Waals surface area contributed by atoms with E-state index < -0.39 is 60.6 Å². The van der Waals surface area contributed by atoms with Crippen molar-refractivity contribution in [2.24, 2.45) is 0 Å². The van der Waals surface area contributed by atoms with Crippen LogP contribution >= 0.6 is 0 Å². The molecule has 50 heavy (non-hydrogen) atoms. The predicted molar refractivity (Wildman–Crippen MR) is 185 cm³/mol. The lowest BCUT2D eigenvalue weighted by molar-refractivity contribution is -0.326. The van der Waals surface area contributed by atoms with Gasteiger partial charge < -0.3 is 47.7 Å². The van der Waals surface area contributed by atoms with Gasteiger partial charge in [0, 0.05) is 7.11 Å². The summed E-state index contributed by atoms with van der Waals surface area (Å²) in [5, 5.41) is 11.9. The van der Waals surface area contributed by atoms with Crippen LogP contribution in [0.3, 0.4) is 0 Å². The first-order valence-corrected chi connectivity index (χ1v) is 17.3. The first-order valence-electron chi connectivity index (χ1n) is 17.3. The summed E-state index contributed by atoms with van der Waals surface area (Å²) in [4.78, 5) is 0. The smallest absolute Gasteiger partial charge is 0.186 e. The second-order valence-corrected chi connectivity index (χ2v) is 13.8. The van der Waals surface area contributed by atoms with E-state index in [2.05, 4.69) is 0 Å². The highest BCUT2D eigenvalue weighted by Gasteiger charge is 2.52. The van der Waals surface area contributed by atoms with Gasteiger partial charge in [0.25, 0.3) is 0 Å². The molecule has 10 nitrogen and oxygen atoms in total. The molecule has 0 aliphatic carbocycles. The van der Waals surface area contributed by atoms with Gasteiger partial charge in [-0.2, -0.15) is 0 Å². The number of hydrogen-bond acceptors (Lipinski definition) is 10. The molecular weight excluding hydrogens is 640 g/mol. The molecule has 3 aliphatic heterocycles. The highest BCUT2D eigenvalue weighted by Crippen LogP contribution is 2.37. The number of ether oxygens (including phenoxy) is 9. The van der Waals surface area contributed by atoms with E-state index in [9.17, 15) is 5.11 Å². The van der Waals surface area contributed by atoms with Gasteiger partial charge in [-0.1, -0.05) is 103 Å². The minimum atomic E-state index is -1.14. The predicted octanol–water partition coefficient (Wildman–Crippen LogP) is 5.70. The number of hydrogen-bond donors (Lipinski definition) is 1. The van der Waals surface area contributed by atoms with E-state index in [4.69, 9.17) is 42.6 Å². The molecule has 0 spiro atoms. The highest BCUT2D eigenvalue weighted by atomic mass is 16.8. The fourth-order valence-electron chi connectivity index (χ4n) is 6.62. The zero-order chi connectivity index (χ0) is 35.1. The molecule has 9 atom stereocenters. The van der Waals surface area contributed by atoms with Crippen molar-refractivity contribution in [3.8, 4) is 0 Å². The Morgan fingerprint density at radius 1 is 0.700 bits per heavy atom. The van der Waals surface area contributed by atoms with Crippen LogP contribution in [0.25, 0.3) is 0 Å². The normalized spacial score (nSPS) is 31.2. The van der Waals surface area contributed by atoms with E-state index in [1.54, 1.807) is 19.3 Å². The van der Waals surface area contributed by atoms with Crippen LogP contribution in [-0.4, -0.2) is 85.5 Å². The lowest BCUT2D eigenvalue weighted by Crippen LogP contribution is -2.63. The van der Waals surface area contributed by atoms with Crippen LogP contribution in [0.5, 0.6) is 0 Å². The van der Waals surface area contributed by atoms with Gasteiger partial charge in [-0.3, -0.25) is 0 Å². The average Bonchev–Trinajstić information content (AvgIpc) is 3.65. The van der Waals surface area contributed by atoms with Crippen LogP contribution in [0.1, 0.15) is 44.4 Å². The molecule has 3 heterocycles. The van der Waals surface area contributed by atoms with E-state index in [1.807, 2.05) is 119 Å². The van der Waals surface area contributed by atoms with Crippen LogP contribution in [0.4, 0.5) is 0 Å². The largest absolute Gasteiger partial charge is 0.386 e. The molecular formula is C40H50O10. The molecule has 0 saturated carbocycles. The number of aliphatic hydroxyl groups excluding tert-OH is 1. The molecule has 3 aromatic rings. The molecule has 0 radical (unpaired) electrons. The summed E-state index contributed by atoms with van der Waals surface area (Å²) in [5.74, 6) is -1.58. The van der Waals surface area contributed by atoms with Crippen LogP contribution in [0.15, 0.2) is 103 Å². The van der Waals surface area contributed by atoms with Crippen molar-refractivity contribution >= 4 is 0 Å². The Kier molecular flexibility index (Phi) is 12.2. The van der Waals surface area contributed by atoms with Crippen molar-refractivity contribution in [2.45, 2.75) is 114 Å². The van der Waals surface area contributed by atoms with Gasteiger partial charge in [-0.05, 0) is 44.4 Å². The van der Waals surface area contributed by atoms with Gasteiger partial charge in [0.2, 0.25) is 0 Å². The quantitative estimate of drug-likeness (QED) is 0.212. The SMILES string of the molecule is CO[C@H]1O[C@H]([C@H](O)/C=C/[C@H]2OC(C)(C)O[C@@H]2[C@H]2COC(C)(C)O2)[C@@H](OCc2ccccc2)[C@H](OCc2ccccc2)[C@H]1OCc1ccccc1. The maximum Gasteiger partial charge on any atom is 0.186 e. The maximum absolute atomic E-state index is 11.9. The molecule has 0 unspecified atom stereocenters. The van der Waals surface area contributed by atoms with Crippen molar-refractivity contribution in [2.75, 3.05) is 13.7 Å². The summed E-state index contributed by atoms with van der Waals surface area (Å²) < 4.78 is 56.7. The van der Waals surface area contributed by atoms with Gasteiger partial charge in [0.15, 0.2) is 17.9 Å². The Hall–Kier alpha value is -3.00. The molecule has 3 aromatic carbocycles. The minimum absolute atomic E-state index is 0.265. The van der Waals surface area contributed by atoms with E-state index in [1.165, 1.54) is 0 Å². The number of benzene rings is 3. The van der Waals surface area contributed by atoms with Crippen LogP contribution in [0.2, 0.25) is 0 Å². The second kappa shape index (κ2) is 16.6. The van der Waals surface area contributed by atoms with Gasteiger partial charge in [-0.25, -0.2) is 0 Å². The molecule has 0 bridgehead atoms. The summed E-state index contributed by atoms with van der Waals surface area (Å²) in [5.41, 5.74) is 2.95. The third-order valence-corrected chi connectivity index (χ3v) is 9.01. The van der Waals surface area contributed by atoms with E-state index in [0.717, 1.165) is 16.7 Å². The molecule has 0 amide bonds.